The fraction of sp³-hybridized carbons (Fsp3) is 0.533. The van der Waals surface area contributed by atoms with Gasteiger partial charge in [-0.2, -0.15) is 0 Å². The highest BCUT2D eigenvalue weighted by atomic mass is 35.5. The molecule has 2 unspecified atom stereocenters. The average molecular weight is 279 g/mol. The lowest BCUT2D eigenvalue weighted by Gasteiger charge is -2.38. The van der Waals surface area contributed by atoms with Crippen molar-refractivity contribution in [2.75, 3.05) is 0 Å². The average Bonchev–Trinajstić information content (AvgIpc) is 2.61. The van der Waals surface area contributed by atoms with Crippen molar-refractivity contribution in [2.24, 2.45) is 5.73 Å². The number of nitrogens with zero attached hydrogens (tertiary/aromatic N) is 1. The van der Waals surface area contributed by atoms with E-state index in [1.165, 1.54) is 0 Å². The van der Waals surface area contributed by atoms with E-state index in [1.54, 1.807) is 6.07 Å². The van der Waals surface area contributed by atoms with E-state index in [0.717, 1.165) is 36.8 Å². The zero-order chi connectivity index (χ0) is 13.6. The summed E-state index contributed by atoms with van der Waals surface area (Å²) in [5.41, 5.74) is 7.78. The first-order chi connectivity index (χ1) is 9.06. The number of piperidine rings is 1. The lowest BCUT2D eigenvalue weighted by Crippen LogP contribution is -2.50. The molecule has 4 heteroatoms. The predicted octanol–water partition coefficient (Wildman–Crippen LogP) is 2.74. The van der Waals surface area contributed by atoms with E-state index in [4.69, 9.17) is 17.3 Å². The highest BCUT2D eigenvalue weighted by Crippen LogP contribution is 2.36. The number of benzene rings is 1. The Bertz CT molecular complexity index is 503. The first-order valence-corrected chi connectivity index (χ1v) is 7.28. The van der Waals surface area contributed by atoms with Gasteiger partial charge >= 0.3 is 0 Å². The number of halogens is 1. The quantitative estimate of drug-likeness (QED) is 0.859. The molecule has 0 aromatic heterocycles. The number of carbonyl (C=O) groups is 1. The third kappa shape index (κ3) is 2.26. The second kappa shape index (κ2) is 4.80. The molecule has 3 nitrogen and oxygen atoms in total. The maximum Gasteiger partial charge on any atom is 0.254 e. The number of rotatable bonds is 1. The van der Waals surface area contributed by atoms with Crippen LogP contribution in [0.1, 0.15) is 41.6 Å². The van der Waals surface area contributed by atoms with Crippen molar-refractivity contribution in [2.45, 2.75) is 50.7 Å². The second-order valence-corrected chi connectivity index (χ2v) is 6.22. The molecule has 1 aromatic carbocycles. The topological polar surface area (TPSA) is 46.3 Å². The maximum absolute atomic E-state index is 12.7. The van der Waals surface area contributed by atoms with Gasteiger partial charge in [-0.3, -0.25) is 4.79 Å². The first kappa shape index (κ1) is 12.9. The third-order valence-corrected chi connectivity index (χ3v) is 4.66. The van der Waals surface area contributed by atoms with E-state index in [9.17, 15) is 4.79 Å². The van der Waals surface area contributed by atoms with E-state index in [1.807, 2.05) is 19.1 Å². The monoisotopic (exact) mass is 278 g/mol. The molecule has 2 saturated heterocycles. The van der Waals surface area contributed by atoms with Crippen LogP contribution < -0.4 is 5.73 Å². The lowest BCUT2D eigenvalue weighted by atomic mass is 9.96. The third-order valence-electron chi connectivity index (χ3n) is 4.42. The van der Waals surface area contributed by atoms with Crippen LogP contribution in [0.3, 0.4) is 0 Å². The van der Waals surface area contributed by atoms with Crippen molar-refractivity contribution in [1.29, 1.82) is 0 Å². The molecule has 2 aliphatic heterocycles. The van der Waals surface area contributed by atoms with Gasteiger partial charge in [0.15, 0.2) is 0 Å². The van der Waals surface area contributed by atoms with E-state index in [0.29, 0.717) is 17.1 Å². The molecule has 19 heavy (non-hydrogen) atoms. The van der Waals surface area contributed by atoms with Crippen molar-refractivity contribution < 1.29 is 4.79 Å². The largest absolute Gasteiger partial charge is 0.333 e. The van der Waals surface area contributed by atoms with Crippen molar-refractivity contribution in [3.63, 3.8) is 0 Å². The van der Waals surface area contributed by atoms with Crippen LogP contribution in [0.25, 0.3) is 0 Å². The highest BCUT2D eigenvalue weighted by Gasteiger charge is 2.42. The normalized spacial score (nSPS) is 29.6. The van der Waals surface area contributed by atoms with Gasteiger partial charge in [-0.25, -0.2) is 0 Å². The minimum absolute atomic E-state index is 0.147. The Labute approximate surface area is 118 Å². The van der Waals surface area contributed by atoms with E-state index in [2.05, 4.69) is 4.90 Å². The molecule has 0 spiro atoms. The summed E-state index contributed by atoms with van der Waals surface area (Å²) < 4.78 is 0. The standard InChI is InChI=1S/C15H19ClN2O/c1-9-6-10(16)2-5-14(9)15(19)18-12-3-4-13(18)8-11(17)7-12/h2,5-6,11-13H,3-4,7-8,17H2,1H3. The number of aryl methyl sites for hydroxylation is 1. The number of carbonyl (C=O) groups excluding carboxylic acids is 1. The molecule has 1 amide bonds. The fourth-order valence-corrected chi connectivity index (χ4v) is 3.78. The Kier molecular flexibility index (Phi) is 3.27. The summed E-state index contributed by atoms with van der Waals surface area (Å²) >= 11 is 5.95. The van der Waals surface area contributed by atoms with Crippen molar-refractivity contribution in [3.8, 4) is 0 Å². The summed E-state index contributed by atoms with van der Waals surface area (Å²) in [6.45, 7) is 1.94. The number of nitrogens with two attached hydrogens (primary N) is 1. The molecule has 2 heterocycles. The maximum atomic E-state index is 12.7. The predicted molar refractivity (Wildman–Crippen MR) is 76.4 cm³/mol. The fourth-order valence-electron chi connectivity index (χ4n) is 3.56. The van der Waals surface area contributed by atoms with Crippen LogP contribution in [-0.2, 0) is 0 Å². The molecule has 0 aliphatic carbocycles. The molecule has 2 aliphatic rings. The molecular formula is C15H19ClN2O. The van der Waals surface area contributed by atoms with Crippen LogP contribution in [0.15, 0.2) is 18.2 Å². The molecule has 2 bridgehead atoms. The van der Waals surface area contributed by atoms with E-state index < -0.39 is 0 Å². The van der Waals surface area contributed by atoms with Crippen LogP contribution >= 0.6 is 11.6 Å². The smallest absolute Gasteiger partial charge is 0.254 e. The highest BCUT2D eigenvalue weighted by molar-refractivity contribution is 6.30. The lowest BCUT2D eigenvalue weighted by molar-refractivity contribution is 0.0574. The van der Waals surface area contributed by atoms with Crippen LogP contribution in [0.5, 0.6) is 0 Å². The van der Waals surface area contributed by atoms with Gasteiger partial charge in [0.25, 0.3) is 5.91 Å². The van der Waals surface area contributed by atoms with Crippen LogP contribution in [-0.4, -0.2) is 28.9 Å². The number of hydrogen-bond acceptors (Lipinski definition) is 2. The zero-order valence-corrected chi connectivity index (χ0v) is 11.9. The number of fused-ring (bicyclic) bond motifs is 2. The summed E-state index contributed by atoms with van der Waals surface area (Å²) in [5.74, 6) is 0.147. The Morgan fingerprint density at radius 1 is 1.32 bits per heavy atom. The van der Waals surface area contributed by atoms with Gasteiger partial charge in [-0.05, 0) is 56.4 Å². The van der Waals surface area contributed by atoms with Gasteiger partial charge in [0.1, 0.15) is 0 Å². The summed E-state index contributed by atoms with van der Waals surface area (Å²) in [6.07, 6.45) is 4.07. The van der Waals surface area contributed by atoms with Crippen molar-refractivity contribution in [3.05, 3.63) is 34.3 Å². The molecule has 2 atom stereocenters. The minimum atomic E-state index is 0.147. The van der Waals surface area contributed by atoms with Gasteiger partial charge in [0, 0.05) is 28.7 Å². The van der Waals surface area contributed by atoms with Gasteiger partial charge in [0.2, 0.25) is 0 Å². The molecule has 0 saturated carbocycles. The molecule has 3 rings (SSSR count). The number of hydrogen-bond donors (Lipinski definition) is 1. The Hall–Kier alpha value is -1.06. The molecular weight excluding hydrogens is 260 g/mol. The molecule has 2 N–H and O–H groups in total. The molecule has 2 fully saturated rings. The first-order valence-electron chi connectivity index (χ1n) is 6.90. The van der Waals surface area contributed by atoms with Gasteiger partial charge in [-0.15, -0.1) is 0 Å². The van der Waals surface area contributed by atoms with Crippen molar-refractivity contribution >= 4 is 17.5 Å². The van der Waals surface area contributed by atoms with Gasteiger partial charge < -0.3 is 10.6 Å². The Morgan fingerprint density at radius 3 is 2.53 bits per heavy atom. The zero-order valence-electron chi connectivity index (χ0n) is 11.1. The van der Waals surface area contributed by atoms with Crippen LogP contribution in [0.4, 0.5) is 0 Å². The van der Waals surface area contributed by atoms with Crippen LogP contribution in [0.2, 0.25) is 5.02 Å². The van der Waals surface area contributed by atoms with Gasteiger partial charge in [0.05, 0.1) is 0 Å². The van der Waals surface area contributed by atoms with Gasteiger partial charge in [-0.1, -0.05) is 11.6 Å². The summed E-state index contributed by atoms with van der Waals surface area (Å²) in [4.78, 5) is 14.8. The second-order valence-electron chi connectivity index (χ2n) is 5.79. The SMILES string of the molecule is Cc1cc(Cl)ccc1C(=O)N1C2CCC1CC(N)C2. The minimum Gasteiger partial charge on any atom is -0.333 e. The molecule has 1 aromatic rings. The summed E-state index contributed by atoms with van der Waals surface area (Å²) in [7, 11) is 0. The van der Waals surface area contributed by atoms with E-state index in [-0.39, 0.29) is 11.9 Å². The van der Waals surface area contributed by atoms with Crippen LogP contribution in [0, 0.1) is 6.92 Å². The Balaban J connectivity index is 1.88. The molecule has 0 radical (unpaired) electrons. The Morgan fingerprint density at radius 2 is 1.95 bits per heavy atom. The van der Waals surface area contributed by atoms with Crippen molar-refractivity contribution in [1.82, 2.24) is 4.90 Å². The summed E-state index contributed by atoms with van der Waals surface area (Å²) in [5, 5.41) is 0.678. The number of amides is 1. The summed E-state index contributed by atoms with van der Waals surface area (Å²) in [6, 6.07) is 6.40. The van der Waals surface area contributed by atoms with E-state index >= 15 is 0 Å². The molecule has 102 valence electrons.